The summed E-state index contributed by atoms with van der Waals surface area (Å²) in [5.74, 6) is -0.326. The third-order valence-electron chi connectivity index (χ3n) is 5.96. The average molecular weight is 507 g/mol. The van der Waals surface area contributed by atoms with Crippen LogP contribution in [0.25, 0.3) is 0 Å². The number of carbonyl (C=O) groups excluding carboxylic acids is 2. The number of Topliss-reactive ketones (excluding diaryl/α,β-unsaturated/α-hetero) is 1. The van der Waals surface area contributed by atoms with Gasteiger partial charge in [-0.05, 0) is 43.2 Å². The molecular weight excluding hydrogens is 480 g/mol. The van der Waals surface area contributed by atoms with Crippen LogP contribution in [0.3, 0.4) is 0 Å². The first kappa shape index (κ1) is 25.1. The first-order valence-corrected chi connectivity index (χ1v) is 12.3. The number of nitrogens with one attached hydrogen (secondary N) is 1. The average Bonchev–Trinajstić information content (AvgIpc) is 2.97. The van der Waals surface area contributed by atoms with Crippen LogP contribution < -0.4 is 16.0 Å². The molecular formula is C27H27ClN4O2S. The van der Waals surface area contributed by atoms with Crippen LogP contribution in [0.1, 0.15) is 22.3 Å². The summed E-state index contributed by atoms with van der Waals surface area (Å²) in [4.78, 5) is 33.1. The molecule has 180 valence electrons. The summed E-state index contributed by atoms with van der Waals surface area (Å²) in [6, 6.07) is 20.2. The highest BCUT2D eigenvalue weighted by Gasteiger charge is 2.34. The van der Waals surface area contributed by atoms with E-state index in [0.29, 0.717) is 16.4 Å². The lowest BCUT2D eigenvalue weighted by atomic mass is 9.99. The Morgan fingerprint density at radius 3 is 2.46 bits per heavy atom. The summed E-state index contributed by atoms with van der Waals surface area (Å²) in [5, 5.41) is 3.57. The Bertz CT molecular complexity index is 1280. The first-order chi connectivity index (χ1) is 16.8. The number of halogens is 1. The molecule has 1 aliphatic rings. The molecule has 0 saturated carbocycles. The molecule has 6 nitrogen and oxygen atoms in total. The Hall–Kier alpha value is -2.97. The predicted octanol–water partition coefficient (Wildman–Crippen LogP) is 4.21. The van der Waals surface area contributed by atoms with Gasteiger partial charge in [0.05, 0.1) is 29.7 Å². The molecule has 1 aliphatic heterocycles. The SMILES string of the molecule is Cc1cccc(C)c1N1C(=O)C(NCC(=O)C(N)CS)N=C(c2ccccc2)c2cc(Cl)ccc21. The number of ketones is 1. The minimum absolute atomic E-state index is 0.110. The monoisotopic (exact) mass is 506 g/mol. The zero-order chi connectivity index (χ0) is 25.1. The summed E-state index contributed by atoms with van der Waals surface area (Å²) in [7, 11) is 0. The summed E-state index contributed by atoms with van der Waals surface area (Å²) >= 11 is 10.5. The molecule has 0 aliphatic carbocycles. The standard InChI is InChI=1S/C27H27ClN4O2S/c1-16-7-6-8-17(2)25(16)32-22-12-11-19(28)13-20(22)24(18-9-4-3-5-10-18)31-26(27(32)34)30-14-23(33)21(29)15-35/h3-13,21,26,30,35H,14-15,29H2,1-2H3. The molecule has 4 rings (SSSR count). The molecule has 35 heavy (non-hydrogen) atoms. The van der Waals surface area contributed by atoms with Gasteiger partial charge in [0.2, 0.25) is 0 Å². The van der Waals surface area contributed by atoms with E-state index in [1.165, 1.54) is 0 Å². The summed E-state index contributed by atoms with van der Waals surface area (Å²) in [5.41, 5.74) is 11.3. The smallest absolute Gasteiger partial charge is 0.271 e. The van der Waals surface area contributed by atoms with Gasteiger partial charge in [0, 0.05) is 21.9 Å². The van der Waals surface area contributed by atoms with Crippen LogP contribution in [0.5, 0.6) is 0 Å². The van der Waals surface area contributed by atoms with E-state index in [4.69, 9.17) is 22.3 Å². The second kappa shape index (κ2) is 10.7. The minimum atomic E-state index is -1.02. The van der Waals surface area contributed by atoms with Gasteiger partial charge in [0.1, 0.15) is 0 Å². The largest absolute Gasteiger partial charge is 0.321 e. The van der Waals surface area contributed by atoms with Gasteiger partial charge < -0.3 is 5.73 Å². The van der Waals surface area contributed by atoms with Crippen molar-refractivity contribution in [2.45, 2.75) is 26.1 Å². The molecule has 0 saturated heterocycles. The topological polar surface area (TPSA) is 87.8 Å². The Kier molecular flexibility index (Phi) is 7.72. The lowest BCUT2D eigenvalue weighted by Gasteiger charge is -2.28. The van der Waals surface area contributed by atoms with Crippen LogP contribution in [-0.4, -0.2) is 41.9 Å². The van der Waals surface area contributed by atoms with Crippen LogP contribution in [0.2, 0.25) is 5.02 Å². The van der Waals surface area contributed by atoms with Gasteiger partial charge in [0.15, 0.2) is 11.9 Å². The second-order valence-corrected chi connectivity index (χ2v) is 9.26. The van der Waals surface area contributed by atoms with Crippen molar-refractivity contribution in [3.63, 3.8) is 0 Å². The number of aryl methyl sites for hydroxylation is 2. The van der Waals surface area contributed by atoms with Gasteiger partial charge in [-0.25, -0.2) is 0 Å². The van der Waals surface area contributed by atoms with Gasteiger partial charge >= 0.3 is 0 Å². The zero-order valence-corrected chi connectivity index (χ0v) is 21.2. The van der Waals surface area contributed by atoms with Gasteiger partial charge in [-0.15, -0.1) is 0 Å². The summed E-state index contributed by atoms with van der Waals surface area (Å²) < 4.78 is 0. The van der Waals surface area contributed by atoms with Crippen molar-refractivity contribution in [2.75, 3.05) is 17.2 Å². The van der Waals surface area contributed by atoms with E-state index in [1.807, 2.05) is 74.5 Å². The number of nitrogens with two attached hydrogens (primary N) is 1. The number of benzodiazepines with no additional fused rings is 1. The lowest BCUT2D eigenvalue weighted by Crippen LogP contribution is -2.48. The number of amides is 1. The molecule has 1 heterocycles. The highest BCUT2D eigenvalue weighted by Crippen LogP contribution is 2.38. The molecule has 1 amide bonds. The first-order valence-electron chi connectivity index (χ1n) is 11.3. The Morgan fingerprint density at radius 1 is 1.11 bits per heavy atom. The number of anilines is 2. The molecule has 0 aromatic heterocycles. The van der Waals surface area contributed by atoms with E-state index in [1.54, 1.807) is 11.0 Å². The number of para-hydroxylation sites is 1. The fourth-order valence-electron chi connectivity index (χ4n) is 4.17. The number of carbonyl (C=O) groups is 2. The van der Waals surface area contributed by atoms with Crippen molar-refractivity contribution in [3.8, 4) is 0 Å². The van der Waals surface area contributed by atoms with E-state index in [9.17, 15) is 9.59 Å². The maximum Gasteiger partial charge on any atom is 0.271 e. The van der Waals surface area contributed by atoms with Crippen molar-refractivity contribution in [2.24, 2.45) is 10.7 Å². The number of thiol groups is 1. The third-order valence-corrected chi connectivity index (χ3v) is 6.59. The zero-order valence-electron chi connectivity index (χ0n) is 19.5. The molecule has 8 heteroatoms. The van der Waals surface area contributed by atoms with Crippen LogP contribution in [-0.2, 0) is 9.59 Å². The summed E-state index contributed by atoms with van der Waals surface area (Å²) in [6.45, 7) is 3.82. The molecule has 3 aromatic carbocycles. The van der Waals surface area contributed by atoms with Gasteiger partial charge in [0.25, 0.3) is 5.91 Å². The highest BCUT2D eigenvalue weighted by atomic mass is 35.5. The molecule has 3 aromatic rings. The molecule has 2 unspecified atom stereocenters. The fraction of sp³-hybridized carbons (Fsp3) is 0.222. The fourth-order valence-corrected chi connectivity index (χ4v) is 4.54. The second-order valence-electron chi connectivity index (χ2n) is 8.46. The van der Waals surface area contributed by atoms with Crippen molar-refractivity contribution in [1.29, 1.82) is 0 Å². The maximum atomic E-state index is 14.1. The van der Waals surface area contributed by atoms with Gasteiger partial charge in [-0.1, -0.05) is 60.1 Å². The predicted molar refractivity (Wildman–Crippen MR) is 145 cm³/mol. The molecule has 0 radical (unpaired) electrons. The number of hydrogen-bond acceptors (Lipinski definition) is 6. The third kappa shape index (κ3) is 5.18. The molecule has 0 spiro atoms. The molecule has 2 atom stereocenters. The summed E-state index contributed by atoms with van der Waals surface area (Å²) in [6.07, 6.45) is -1.02. The van der Waals surface area contributed by atoms with E-state index in [0.717, 1.165) is 27.9 Å². The van der Waals surface area contributed by atoms with E-state index < -0.39 is 12.2 Å². The molecule has 0 fully saturated rings. The van der Waals surface area contributed by atoms with Crippen molar-refractivity contribution >= 4 is 53.0 Å². The van der Waals surface area contributed by atoms with Crippen LogP contribution in [0.15, 0.2) is 71.7 Å². The number of benzene rings is 3. The van der Waals surface area contributed by atoms with E-state index in [2.05, 4.69) is 17.9 Å². The van der Waals surface area contributed by atoms with E-state index >= 15 is 0 Å². The van der Waals surface area contributed by atoms with Gasteiger partial charge in [-0.3, -0.25) is 24.8 Å². The van der Waals surface area contributed by atoms with Gasteiger partial charge in [-0.2, -0.15) is 12.6 Å². The van der Waals surface area contributed by atoms with Crippen molar-refractivity contribution in [3.05, 3.63) is 94.0 Å². The van der Waals surface area contributed by atoms with Crippen molar-refractivity contribution in [1.82, 2.24) is 5.32 Å². The maximum absolute atomic E-state index is 14.1. The Morgan fingerprint density at radius 2 is 1.80 bits per heavy atom. The van der Waals surface area contributed by atoms with Crippen LogP contribution in [0.4, 0.5) is 11.4 Å². The minimum Gasteiger partial charge on any atom is -0.321 e. The number of hydrogen-bond donors (Lipinski definition) is 3. The molecule has 3 N–H and O–H groups in total. The van der Waals surface area contributed by atoms with E-state index in [-0.39, 0.29) is 24.0 Å². The number of nitrogens with zero attached hydrogens (tertiary/aromatic N) is 2. The van der Waals surface area contributed by atoms with Crippen molar-refractivity contribution < 1.29 is 9.59 Å². The lowest BCUT2D eigenvalue weighted by molar-refractivity contribution is -0.121. The Balaban J connectivity index is 1.92. The quantitative estimate of drug-likeness (QED) is 0.419. The normalized spacial score (nSPS) is 16.4. The highest BCUT2D eigenvalue weighted by molar-refractivity contribution is 7.80. The number of rotatable bonds is 7. The number of aliphatic imine (C=N–C) groups is 1. The Labute approximate surface area is 215 Å². The molecule has 0 bridgehead atoms. The number of fused-ring (bicyclic) bond motifs is 1. The van der Waals surface area contributed by atoms with Crippen LogP contribution in [0, 0.1) is 13.8 Å². The van der Waals surface area contributed by atoms with Crippen LogP contribution >= 0.6 is 24.2 Å².